The van der Waals surface area contributed by atoms with Crippen LogP contribution in [-0.4, -0.2) is 21.0 Å². The molecule has 3 rings (SSSR count). The van der Waals surface area contributed by atoms with Crippen LogP contribution in [0.25, 0.3) is 10.6 Å². The van der Waals surface area contributed by atoms with Gasteiger partial charge in [-0.2, -0.15) is 11.3 Å². The number of amides is 1. The molecule has 1 amide bonds. The minimum atomic E-state index is -0.545. The standard InChI is InChI=1S/C13H8N4O3S2/c18-11(8-2-1-3-10(6-8)17(19)20)14-13-16-15-12(22-13)9-4-5-21-7-9/h1-7H,(H,14,16,18). The number of anilines is 1. The molecule has 1 aromatic carbocycles. The molecule has 0 saturated heterocycles. The quantitative estimate of drug-likeness (QED) is 0.583. The van der Waals surface area contributed by atoms with Crippen molar-refractivity contribution in [2.75, 3.05) is 5.32 Å². The van der Waals surface area contributed by atoms with E-state index in [0.717, 1.165) is 5.56 Å². The van der Waals surface area contributed by atoms with Crippen molar-refractivity contribution in [2.24, 2.45) is 0 Å². The SMILES string of the molecule is O=C(Nc1nnc(-c2ccsc2)s1)c1cccc([N+](=O)[O-])c1. The molecule has 0 unspecified atom stereocenters. The smallest absolute Gasteiger partial charge is 0.270 e. The Balaban J connectivity index is 1.77. The number of benzene rings is 1. The molecule has 110 valence electrons. The Morgan fingerprint density at radius 3 is 2.86 bits per heavy atom. The molecule has 22 heavy (non-hydrogen) atoms. The molecule has 0 radical (unpaired) electrons. The van der Waals surface area contributed by atoms with E-state index in [9.17, 15) is 14.9 Å². The van der Waals surface area contributed by atoms with Crippen LogP contribution < -0.4 is 5.32 Å². The minimum Gasteiger partial charge on any atom is -0.296 e. The molecule has 0 aliphatic heterocycles. The van der Waals surface area contributed by atoms with Gasteiger partial charge in [0.25, 0.3) is 11.6 Å². The number of hydrogen-bond acceptors (Lipinski definition) is 7. The molecule has 0 bridgehead atoms. The highest BCUT2D eigenvalue weighted by Gasteiger charge is 2.14. The van der Waals surface area contributed by atoms with Crippen molar-refractivity contribution in [3.63, 3.8) is 0 Å². The molecule has 2 aromatic heterocycles. The van der Waals surface area contributed by atoms with Gasteiger partial charge in [-0.1, -0.05) is 17.4 Å². The molecule has 3 aromatic rings. The molecule has 0 fully saturated rings. The monoisotopic (exact) mass is 332 g/mol. The summed E-state index contributed by atoms with van der Waals surface area (Å²) in [6.45, 7) is 0. The molecular weight excluding hydrogens is 324 g/mol. The van der Waals surface area contributed by atoms with Gasteiger partial charge in [0.15, 0.2) is 0 Å². The maximum Gasteiger partial charge on any atom is 0.270 e. The van der Waals surface area contributed by atoms with E-state index >= 15 is 0 Å². The number of rotatable bonds is 4. The van der Waals surface area contributed by atoms with Crippen molar-refractivity contribution in [3.8, 4) is 10.6 Å². The fourth-order valence-electron chi connectivity index (χ4n) is 1.71. The number of hydrogen-bond donors (Lipinski definition) is 1. The van der Waals surface area contributed by atoms with Gasteiger partial charge in [0.2, 0.25) is 5.13 Å². The van der Waals surface area contributed by atoms with E-state index in [2.05, 4.69) is 15.5 Å². The van der Waals surface area contributed by atoms with E-state index in [1.165, 1.54) is 35.6 Å². The number of non-ortho nitro benzene ring substituents is 1. The summed E-state index contributed by atoms with van der Waals surface area (Å²) in [6, 6.07) is 7.43. The van der Waals surface area contributed by atoms with Crippen LogP contribution in [0.2, 0.25) is 0 Å². The van der Waals surface area contributed by atoms with Gasteiger partial charge in [0.05, 0.1) is 4.92 Å². The molecular formula is C13H8N4O3S2. The third-order valence-electron chi connectivity index (χ3n) is 2.73. The van der Waals surface area contributed by atoms with Crippen LogP contribution in [0.15, 0.2) is 41.1 Å². The largest absolute Gasteiger partial charge is 0.296 e. The zero-order valence-electron chi connectivity index (χ0n) is 10.9. The van der Waals surface area contributed by atoms with E-state index in [1.54, 1.807) is 11.3 Å². The average molecular weight is 332 g/mol. The molecule has 7 nitrogen and oxygen atoms in total. The number of nitrogens with one attached hydrogen (secondary N) is 1. The third kappa shape index (κ3) is 3.00. The summed E-state index contributed by atoms with van der Waals surface area (Å²) in [5, 5.41) is 26.1. The van der Waals surface area contributed by atoms with E-state index in [0.29, 0.717) is 10.1 Å². The summed E-state index contributed by atoms with van der Waals surface area (Å²) < 4.78 is 0. The van der Waals surface area contributed by atoms with Gasteiger partial charge in [-0.25, -0.2) is 0 Å². The second-order valence-corrected chi connectivity index (χ2v) is 5.94. The number of aromatic nitrogens is 2. The van der Waals surface area contributed by atoms with Gasteiger partial charge in [-0.15, -0.1) is 10.2 Å². The topological polar surface area (TPSA) is 98.0 Å². The van der Waals surface area contributed by atoms with E-state index in [-0.39, 0.29) is 11.3 Å². The predicted octanol–water partition coefficient (Wildman–Crippen LogP) is 3.43. The van der Waals surface area contributed by atoms with Gasteiger partial charge >= 0.3 is 0 Å². The first-order valence-corrected chi connectivity index (χ1v) is 7.81. The highest BCUT2D eigenvalue weighted by atomic mass is 32.1. The Morgan fingerprint density at radius 1 is 1.27 bits per heavy atom. The second kappa shape index (κ2) is 6.00. The van der Waals surface area contributed by atoms with Crippen molar-refractivity contribution in [3.05, 3.63) is 56.8 Å². The Bertz CT molecular complexity index is 829. The van der Waals surface area contributed by atoms with Gasteiger partial charge in [0.1, 0.15) is 5.01 Å². The summed E-state index contributed by atoms with van der Waals surface area (Å²) in [7, 11) is 0. The molecule has 9 heteroatoms. The lowest BCUT2D eigenvalue weighted by atomic mass is 10.2. The van der Waals surface area contributed by atoms with Crippen LogP contribution in [0.1, 0.15) is 10.4 Å². The van der Waals surface area contributed by atoms with Gasteiger partial charge in [0, 0.05) is 28.6 Å². The first kappa shape index (κ1) is 14.3. The normalized spacial score (nSPS) is 10.4. The molecule has 0 aliphatic rings. The summed E-state index contributed by atoms with van der Waals surface area (Å²) in [4.78, 5) is 22.3. The number of thiophene rings is 1. The summed E-state index contributed by atoms with van der Waals surface area (Å²) >= 11 is 2.79. The van der Waals surface area contributed by atoms with Crippen molar-refractivity contribution in [1.82, 2.24) is 10.2 Å². The van der Waals surface area contributed by atoms with Crippen LogP contribution in [0, 0.1) is 10.1 Å². The third-order valence-corrected chi connectivity index (χ3v) is 4.30. The molecule has 2 heterocycles. The lowest BCUT2D eigenvalue weighted by Crippen LogP contribution is -2.11. The molecule has 0 aliphatic carbocycles. The maximum absolute atomic E-state index is 12.1. The fourth-order valence-corrected chi connectivity index (χ4v) is 3.16. The lowest BCUT2D eigenvalue weighted by Gasteiger charge is -2.00. The highest BCUT2D eigenvalue weighted by Crippen LogP contribution is 2.28. The van der Waals surface area contributed by atoms with Crippen LogP contribution in [0.3, 0.4) is 0 Å². The number of nitro benzene ring substituents is 1. The summed E-state index contributed by atoms with van der Waals surface area (Å²) in [5.41, 5.74) is 1.00. The Kier molecular flexibility index (Phi) is 3.90. The number of nitro groups is 1. The highest BCUT2D eigenvalue weighted by molar-refractivity contribution is 7.19. The predicted molar refractivity (Wildman–Crippen MR) is 84.3 cm³/mol. The number of carbonyl (C=O) groups excluding carboxylic acids is 1. The molecule has 1 N–H and O–H groups in total. The van der Waals surface area contributed by atoms with Crippen molar-refractivity contribution < 1.29 is 9.72 Å². The maximum atomic E-state index is 12.1. The Hall–Kier alpha value is -2.65. The first-order valence-electron chi connectivity index (χ1n) is 6.05. The van der Waals surface area contributed by atoms with Crippen molar-refractivity contribution >= 4 is 39.4 Å². The molecule has 0 atom stereocenters. The first-order chi connectivity index (χ1) is 10.6. The van der Waals surface area contributed by atoms with E-state index < -0.39 is 10.8 Å². The van der Waals surface area contributed by atoms with Crippen LogP contribution >= 0.6 is 22.7 Å². The number of nitrogens with zero attached hydrogens (tertiary/aromatic N) is 3. The Labute approximate surface area is 132 Å². The van der Waals surface area contributed by atoms with Crippen molar-refractivity contribution in [2.45, 2.75) is 0 Å². The zero-order chi connectivity index (χ0) is 15.5. The summed E-state index contributed by atoms with van der Waals surface area (Å²) in [6.07, 6.45) is 0. The van der Waals surface area contributed by atoms with Gasteiger partial charge < -0.3 is 0 Å². The van der Waals surface area contributed by atoms with Crippen molar-refractivity contribution in [1.29, 1.82) is 0 Å². The van der Waals surface area contributed by atoms with Crippen LogP contribution in [0.5, 0.6) is 0 Å². The number of carbonyl (C=O) groups is 1. The van der Waals surface area contributed by atoms with Crippen LogP contribution in [0.4, 0.5) is 10.8 Å². The molecule has 0 spiro atoms. The minimum absolute atomic E-state index is 0.135. The van der Waals surface area contributed by atoms with Gasteiger partial charge in [-0.05, 0) is 17.5 Å². The fraction of sp³-hybridized carbons (Fsp3) is 0. The van der Waals surface area contributed by atoms with E-state index in [4.69, 9.17) is 0 Å². The Morgan fingerprint density at radius 2 is 2.14 bits per heavy atom. The summed E-state index contributed by atoms with van der Waals surface area (Å²) in [5.74, 6) is -0.461. The van der Waals surface area contributed by atoms with Crippen LogP contribution in [-0.2, 0) is 0 Å². The molecule has 0 saturated carbocycles. The van der Waals surface area contributed by atoms with Gasteiger partial charge in [-0.3, -0.25) is 20.2 Å². The lowest BCUT2D eigenvalue weighted by molar-refractivity contribution is -0.384. The average Bonchev–Trinajstić information content (AvgIpc) is 3.18. The second-order valence-electron chi connectivity index (χ2n) is 4.19. The zero-order valence-corrected chi connectivity index (χ0v) is 12.6. The van der Waals surface area contributed by atoms with E-state index in [1.807, 2.05) is 16.8 Å².